The van der Waals surface area contributed by atoms with E-state index in [1.807, 2.05) is 0 Å². The highest BCUT2D eigenvalue weighted by Gasteiger charge is 2.23. The fourth-order valence-electron chi connectivity index (χ4n) is 2.77. The molecule has 4 rings (SSSR count). The van der Waals surface area contributed by atoms with Gasteiger partial charge in [-0.2, -0.15) is 10.1 Å². The average molecular weight is 385 g/mol. The van der Waals surface area contributed by atoms with Gasteiger partial charge in [0, 0.05) is 5.70 Å². The van der Waals surface area contributed by atoms with Crippen LogP contribution >= 0.6 is 15.9 Å². The van der Waals surface area contributed by atoms with Crippen LogP contribution in [0.2, 0.25) is 0 Å². The lowest BCUT2D eigenvalue weighted by Gasteiger charge is -2.24. The molecular formula is C18H14BrFN4. The van der Waals surface area contributed by atoms with Gasteiger partial charge in [0.2, 0.25) is 5.95 Å². The van der Waals surface area contributed by atoms with Crippen LogP contribution in [-0.2, 0) is 0 Å². The van der Waals surface area contributed by atoms with E-state index in [-0.39, 0.29) is 11.9 Å². The van der Waals surface area contributed by atoms with Crippen molar-refractivity contribution in [3.63, 3.8) is 0 Å². The third kappa shape index (κ3) is 2.63. The van der Waals surface area contributed by atoms with Crippen LogP contribution in [-0.4, -0.2) is 14.8 Å². The molecule has 0 bridgehead atoms. The molecule has 24 heavy (non-hydrogen) atoms. The average Bonchev–Trinajstić information content (AvgIpc) is 3.06. The molecule has 0 spiro atoms. The van der Waals surface area contributed by atoms with Crippen LogP contribution in [0, 0.1) is 12.7 Å². The molecule has 1 atom stereocenters. The second kappa shape index (κ2) is 5.87. The first-order chi connectivity index (χ1) is 11.6. The van der Waals surface area contributed by atoms with Crippen molar-refractivity contribution in [2.24, 2.45) is 0 Å². The number of hydrogen-bond acceptors (Lipinski definition) is 3. The predicted octanol–water partition coefficient (Wildman–Crippen LogP) is 4.54. The van der Waals surface area contributed by atoms with E-state index in [4.69, 9.17) is 0 Å². The minimum absolute atomic E-state index is 0.156. The van der Waals surface area contributed by atoms with Crippen molar-refractivity contribution in [2.45, 2.75) is 13.0 Å². The number of aryl methyl sites for hydroxylation is 1. The number of fused-ring (bicyclic) bond motifs is 1. The first-order valence-corrected chi connectivity index (χ1v) is 8.31. The molecule has 120 valence electrons. The summed E-state index contributed by atoms with van der Waals surface area (Å²) >= 11 is 3.25. The summed E-state index contributed by atoms with van der Waals surface area (Å²) in [6.07, 6.45) is 3.59. The minimum Gasteiger partial charge on any atom is -0.324 e. The molecule has 6 heteroatoms. The van der Waals surface area contributed by atoms with E-state index < -0.39 is 0 Å². The maximum Gasteiger partial charge on any atom is 0.226 e. The zero-order valence-corrected chi connectivity index (χ0v) is 14.5. The summed E-state index contributed by atoms with van der Waals surface area (Å²) in [4.78, 5) is 4.28. The third-order valence-corrected chi connectivity index (χ3v) is 4.66. The topological polar surface area (TPSA) is 42.7 Å². The molecule has 0 aliphatic carbocycles. The fraction of sp³-hybridized carbons (Fsp3) is 0.111. The molecule has 1 aliphatic rings. The van der Waals surface area contributed by atoms with Gasteiger partial charge < -0.3 is 5.32 Å². The van der Waals surface area contributed by atoms with E-state index in [2.05, 4.69) is 68.6 Å². The monoisotopic (exact) mass is 384 g/mol. The van der Waals surface area contributed by atoms with Gasteiger partial charge in [0.1, 0.15) is 18.2 Å². The summed E-state index contributed by atoms with van der Waals surface area (Å²) in [5, 5.41) is 7.60. The summed E-state index contributed by atoms with van der Waals surface area (Å²) in [6.45, 7) is 2.06. The number of anilines is 1. The van der Waals surface area contributed by atoms with Crippen LogP contribution in [0.15, 0.2) is 59.3 Å². The molecule has 0 saturated carbocycles. The quantitative estimate of drug-likeness (QED) is 0.704. The molecule has 1 aliphatic heterocycles. The SMILES string of the molecule is Cc1ccc(C2=C[C@H](c3ccc(F)c(Br)c3)n3ncnc3N2)cc1. The van der Waals surface area contributed by atoms with Crippen molar-refractivity contribution in [1.82, 2.24) is 14.8 Å². The van der Waals surface area contributed by atoms with Gasteiger partial charge in [0.05, 0.1) is 4.47 Å². The van der Waals surface area contributed by atoms with Crippen LogP contribution in [0.4, 0.5) is 10.3 Å². The van der Waals surface area contributed by atoms with Crippen molar-refractivity contribution in [3.8, 4) is 0 Å². The Bertz CT molecular complexity index is 930. The molecule has 0 amide bonds. The summed E-state index contributed by atoms with van der Waals surface area (Å²) in [5.41, 5.74) is 4.17. The van der Waals surface area contributed by atoms with Crippen LogP contribution < -0.4 is 5.32 Å². The molecule has 1 N–H and O–H groups in total. The lowest BCUT2D eigenvalue weighted by molar-refractivity contribution is 0.599. The van der Waals surface area contributed by atoms with Crippen LogP contribution in [0.1, 0.15) is 22.7 Å². The lowest BCUT2D eigenvalue weighted by Crippen LogP contribution is -2.20. The van der Waals surface area contributed by atoms with Gasteiger partial charge in [-0.1, -0.05) is 35.9 Å². The Balaban J connectivity index is 1.81. The van der Waals surface area contributed by atoms with E-state index >= 15 is 0 Å². The van der Waals surface area contributed by atoms with E-state index in [0.29, 0.717) is 10.4 Å². The van der Waals surface area contributed by atoms with Gasteiger partial charge in [0.15, 0.2) is 0 Å². The lowest BCUT2D eigenvalue weighted by atomic mass is 10.0. The molecule has 3 aromatic rings. The largest absolute Gasteiger partial charge is 0.324 e. The van der Waals surface area contributed by atoms with E-state index in [9.17, 15) is 4.39 Å². The highest BCUT2D eigenvalue weighted by molar-refractivity contribution is 9.10. The molecule has 0 radical (unpaired) electrons. The summed E-state index contributed by atoms with van der Waals surface area (Å²) in [5.74, 6) is 0.382. The molecule has 0 saturated heterocycles. The molecule has 2 heterocycles. The van der Waals surface area contributed by atoms with E-state index in [0.717, 1.165) is 16.8 Å². The second-order valence-electron chi connectivity index (χ2n) is 5.72. The zero-order chi connectivity index (χ0) is 16.7. The third-order valence-electron chi connectivity index (χ3n) is 4.06. The van der Waals surface area contributed by atoms with Gasteiger partial charge >= 0.3 is 0 Å². The first kappa shape index (κ1) is 15.1. The van der Waals surface area contributed by atoms with Gasteiger partial charge in [-0.15, -0.1) is 0 Å². The zero-order valence-electron chi connectivity index (χ0n) is 12.9. The Kier molecular flexibility index (Phi) is 3.69. The van der Waals surface area contributed by atoms with Gasteiger partial charge in [-0.25, -0.2) is 9.07 Å². The molecular weight excluding hydrogens is 371 g/mol. The minimum atomic E-state index is -0.283. The Hall–Kier alpha value is -2.47. The number of benzene rings is 2. The van der Waals surface area contributed by atoms with E-state index in [1.165, 1.54) is 18.0 Å². The highest BCUT2D eigenvalue weighted by atomic mass is 79.9. The van der Waals surface area contributed by atoms with Crippen molar-refractivity contribution >= 4 is 27.6 Å². The van der Waals surface area contributed by atoms with E-state index in [1.54, 1.807) is 16.8 Å². The molecule has 4 nitrogen and oxygen atoms in total. The van der Waals surface area contributed by atoms with Crippen LogP contribution in [0.25, 0.3) is 5.70 Å². The van der Waals surface area contributed by atoms with Gasteiger partial charge in [0.25, 0.3) is 0 Å². The van der Waals surface area contributed by atoms with Crippen molar-refractivity contribution in [3.05, 3.63) is 81.8 Å². The number of nitrogens with one attached hydrogen (secondary N) is 1. The number of nitrogens with zero attached hydrogens (tertiary/aromatic N) is 3. The maximum atomic E-state index is 13.6. The Morgan fingerprint density at radius 2 is 1.96 bits per heavy atom. The number of halogens is 2. The number of allylic oxidation sites excluding steroid dienone is 1. The normalized spacial score (nSPS) is 16.3. The van der Waals surface area contributed by atoms with Gasteiger partial charge in [-0.3, -0.25) is 0 Å². The van der Waals surface area contributed by atoms with Crippen LogP contribution in [0.5, 0.6) is 0 Å². The molecule has 0 fully saturated rings. The number of hydrogen-bond donors (Lipinski definition) is 1. The predicted molar refractivity (Wildman–Crippen MR) is 95.0 cm³/mol. The van der Waals surface area contributed by atoms with Gasteiger partial charge in [-0.05, 0) is 52.2 Å². The number of aromatic nitrogens is 3. The summed E-state index contributed by atoms with van der Waals surface area (Å²) in [7, 11) is 0. The standard InChI is InChI=1S/C18H14BrFN4/c1-11-2-4-12(5-3-11)16-9-17(24-18(23-16)21-10-22-24)13-6-7-15(20)14(19)8-13/h2-10,17H,1H3,(H,21,22,23)/t17-/m1/s1. The molecule has 2 aromatic carbocycles. The first-order valence-electron chi connectivity index (χ1n) is 7.52. The highest BCUT2D eigenvalue weighted by Crippen LogP contribution is 2.33. The summed E-state index contributed by atoms with van der Waals surface area (Å²) in [6, 6.07) is 13.1. The smallest absolute Gasteiger partial charge is 0.226 e. The second-order valence-corrected chi connectivity index (χ2v) is 6.57. The maximum absolute atomic E-state index is 13.6. The molecule has 1 aromatic heterocycles. The Morgan fingerprint density at radius 1 is 1.17 bits per heavy atom. The summed E-state index contributed by atoms with van der Waals surface area (Å²) < 4.78 is 15.8. The number of rotatable bonds is 2. The molecule has 0 unspecified atom stereocenters. The van der Waals surface area contributed by atoms with Crippen molar-refractivity contribution < 1.29 is 4.39 Å². The van der Waals surface area contributed by atoms with Crippen molar-refractivity contribution in [2.75, 3.05) is 5.32 Å². The Labute approximate surface area is 147 Å². The fourth-order valence-corrected chi connectivity index (χ4v) is 3.17. The Morgan fingerprint density at radius 3 is 2.71 bits per heavy atom. The van der Waals surface area contributed by atoms with Crippen molar-refractivity contribution in [1.29, 1.82) is 0 Å². The van der Waals surface area contributed by atoms with Crippen LogP contribution in [0.3, 0.4) is 0 Å².